The number of aromatic nitrogens is 2. The molecule has 4 heteroatoms. The van der Waals surface area contributed by atoms with E-state index in [4.69, 9.17) is 0 Å². The second-order valence-corrected chi connectivity index (χ2v) is 4.99. The van der Waals surface area contributed by atoms with Crippen molar-refractivity contribution < 1.29 is 0 Å². The highest BCUT2D eigenvalue weighted by Gasteiger charge is 2.19. The van der Waals surface area contributed by atoms with Crippen molar-refractivity contribution in [3.8, 4) is 0 Å². The topological polar surface area (TPSA) is 37.8 Å². The molecule has 90 valence electrons. The van der Waals surface area contributed by atoms with Crippen LogP contribution < -0.4 is 5.32 Å². The summed E-state index contributed by atoms with van der Waals surface area (Å²) in [5.74, 6) is 0.435. The number of rotatable bonds is 7. The summed E-state index contributed by atoms with van der Waals surface area (Å²) >= 11 is 1.50. The molecule has 1 N–H and O–H groups in total. The summed E-state index contributed by atoms with van der Waals surface area (Å²) in [7, 11) is 0. The third-order valence-electron chi connectivity index (χ3n) is 2.45. The summed E-state index contributed by atoms with van der Waals surface area (Å²) in [6.45, 7) is 11.3. The molecule has 1 heterocycles. The van der Waals surface area contributed by atoms with Gasteiger partial charge < -0.3 is 5.32 Å². The van der Waals surface area contributed by atoms with Gasteiger partial charge in [-0.2, -0.15) is 0 Å². The van der Waals surface area contributed by atoms with Gasteiger partial charge in [0.2, 0.25) is 0 Å². The molecule has 0 aromatic carbocycles. The van der Waals surface area contributed by atoms with Crippen LogP contribution in [0.15, 0.2) is 12.7 Å². The van der Waals surface area contributed by atoms with Gasteiger partial charge in [0.1, 0.15) is 0 Å². The molecule has 0 amide bonds. The summed E-state index contributed by atoms with van der Waals surface area (Å²) in [5, 5.41) is 7.75. The van der Waals surface area contributed by atoms with Gasteiger partial charge >= 0.3 is 0 Å². The molecule has 1 rings (SSSR count). The Kier molecular flexibility index (Phi) is 5.63. The molecule has 0 radical (unpaired) electrons. The lowest BCUT2D eigenvalue weighted by Crippen LogP contribution is -2.22. The highest BCUT2D eigenvalue weighted by Crippen LogP contribution is 2.28. The number of hydrogen-bond acceptors (Lipinski definition) is 4. The molecule has 1 unspecified atom stereocenters. The molecule has 1 aromatic rings. The molecular formula is C12H21N3S. The lowest BCUT2D eigenvalue weighted by Gasteiger charge is -2.16. The van der Waals surface area contributed by atoms with Crippen LogP contribution in [0.4, 0.5) is 0 Å². The molecule has 0 saturated heterocycles. The van der Waals surface area contributed by atoms with Crippen molar-refractivity contribution in [1.82, 2.24) is 14.9 Å². The predicted octanol–water partition coefficient (Wildman–Crippen LogP) is 3.28. The normalized spacial score (nSPS) is 13.0. The Labute approximate surface area is 102 Å². The average Bonchev–Trinajstić information content (AvgIpc) is 2.73. The van der Waals surface area contributed by atoms with Crippen LogP contribution in [-0.4, -0.2) is 16.1 Å². The molecule has 0 spiro atoms. The Morgan fingerprint density at radius 2 is 2.25 bits per heavy atom. The van der Waals surface area contributed by atoms with E-state index >= 15 is 0 Å². The maximum Gasteiger partial charge on any atom is 0.0829 e. The Balaban J connectivity index is 2.82. The fraction of sp³-hybridized carbons (Fsp3) is 0.667. The number of hydrogen-bond donors (Lipinski definition) is 1. The second kappa shape index (κ2) is 6.76. The maximum absolute atomic E-state index is 4.22. The van der Waals surface area contributed by atoms with Crippen molar-refractivity contribution in [2.24, 2.45) is 0 Å². The summed E-state index contributed by atoms with van der Waals surface area (Å²) in [6, 6.07) is 0.329. The molecule has 1 aromatic heterocycles. The van der Waals surface area contributed by atoms with E-state index in [2.05, 4.69) is 42.3 Å². The van der Waals surface area contributed by atoms with E-state index in [1.807, 2.05) is 6.08 Å². The molecule has 0 fully saturated rings. The second-order valence-electron chi connectivity index (χ2n) is 4.21. The first-order valence-electron chi connectivity index (χ1n) is 5.87. The smallest absolute Gasteiger partial charge is 0.0829 e. The van der Waals surface area contributed by atoms with Gasteiger partial charge in [0.25, 0.3) is 0 Å². The zero-order chi connectivity index (χ0) is 12.0. The van der Waals surface area contributed by atoms with E-state index in [0.717, 1.165) is 25.1 Å². The zero-order valence-corrected chi connectivity index (χ0v) is 11.2. The van der Waals surface area contributed by atoms with Gasteiger partial charge in [0, 0.05) is 6.04 Å². The van der Waals surface area contributed by atoms with Crippen LogP contribution in [0, 0.1) is 0 Å². The fourth-order valence-electron chi connectivity index (χ4n) is 1.61. The first-order valence-corrected chi connectivity index (χ1v) is 6.64. The van der Waals surface area contributed by atoms with Crippen LogP contribution in [-0.2, 0) is 0 Å². The standard InChI is InChI=1S/C12H21N3S/c1-5-7-10(13-8-6-2)12-11(9(3)4)14-15-16-12/h5,9-10,13H,1,6-8H2,2-4H3. The molecular weight excluding hydrogens is 218 g/mol. The van der Waals surface area contributed by atoms with Crippen LogP contribution in [0.1, 0.15) is 56.1 Å². The lowest BCUT2D eigenvalue weighted by molar-refractivity contribution is 0.537. The minimum Gasteiger partial charge on any atom is -0.309 e. The van der Waals surface area contributed by atoms with Crippen molar-refractivity contribution in [1.29, 1.82) is 0 Å². The van der Waals surface area contributed by atoms with Gasteiger partial charge in [-0.1, -0.05) is 31.3 Å². The first-order chi connectivity index (χ1) is 7.70. The Hall–Kier alpha value is -0.740. The summed E-state index contributed by atoms with van der Waals surface area (Å²) in [4.78, 5) is 1.27. The highest BCUT2D eigenvalue weighted by molar-refractivity contribution is 7.05. The van der Waals surface area contributed by atoms with E-state index in [1.165, 1.54) is 16.4 Å². The first kappa shape index (κ1) is 13.3. The van der Waals surface area contributed by atoms with E-state index in [1.54, 1.807) is 0 Å². The summed E-state index contributed by atoms with van der Waals surface area (Å²) in [6.07, 6.45) is 4.03. The molecule has 0 saturated carbocycles. The van der Waals surface area contributed by atoms with Gasteiger partial charge in [0.05, 0.1) is 10.6 Å². The quantitative estimate of drug-likeness (QED) is 0.742. The van der Waals surface area contributed by atoms with Crippen LogP contribution in [0.2, 0.25) is 0 Å². The Morgan fingerprint density at radius 1 is 1.50 bits per heavy atom. The summed E-state index contributed by atoms with van der Waals surface area (Å²) < 4.78 is 4.07. The average molecular weight is 239 g/mol. The lowest BCUT2D eigenvalue weighted by atomic mass is 10.0. The molecule has 16 heavy (non-hydrogen) atoms. The summed E-state index contributed by atoms with van der Waals surface area (Å²) in [5.41, 5.74) is 1.13. The van der Waals surface area contributed by atoms with Crippen molar-refractivity contribution in [2.45, 2.75) is 45.6 Å². The minimum absolute atomic E-state index is 0.329. The fourth-order valence-corrected chi connectivity index (χ4v) is 2.51. The molecule has 0 aliphatic rings. The van der Waals surface area contributed by atoms with Gasteiger partial charge in [-0.05, 0) is 36.8 Å². The van der Waals surface area contributed by atoms with E-state index < -0.39 is 0 Å². The van der Waals surface area contributed by atoms with Gasteiger partial charge in [0.15, 0.2) is 0 Å². The van der Waals surface area contributed by atoms with Crippen LogP contribution in [0.3, 0.4) is 0 Å². The Bertz CT molecular complexity index is 320. The largest absolute Gasteiger partial charge is 0.309 e. The van der Waals surface area contributed by atoms with Crippen molar-refractivity contribution >= 4 is 11.5 Å². The van der Waals surface area contributed by atoms with E-state index in [9.17, 15) is 0 Å². The van der Waals surface area contributed by atoms with Crippen LogP contribution >= 0.6 is 11.5 Å². The highest BCUT2D eigenvalue weighted by atomic mass is 32.1. The third kappa shape index (κ3) is 3.39. The molecule has 1 atom stereocenters. The third-order valence-corrected chi connectivity index (χ3v) is 3.30. The van der Waals surface area contributed by atoms with Crippen molar-refractivity contribution in [2.75, 3.05) is 6.54 Å². The molecule has 0 aliphatic carbocycles. The zero-order valence-electron chi connectivity index (χ0n) is 10.4. The maximum atomic E-state index is 4.22. The molecule has 3 nitrogen and oxygen atoms in total. The van der Waals surface area contributed by atoms with E-state index in [0.29, 0.717) is 12.0 Å². The number of nitrogens with zero attached hydrogens (tertiary/aromatic N) is 2. The molecule has 0 aliphatic heterocycles. The van der Waals surface area contributed by atoms with E-state index in [-0.39, 0.29) is 0 Å². The SMILES string of the molecule is C=CCC(NCCC)c1snnc1C(C)C. The van der Waals surface area contributed by atoms with Gasteiger partial charge in [-0.3, -0.25) is 0 Å². The van der Waals surface area contributed by atoms with Gasteiger partial charge in [-0.25, -0.2) is 0 Å². The minimum atomic E-state index is 0.329. The van der Waals surface area contributed by atoms with Gasteiger partial charge in [-0.15, -0.1) is 11.7 Å². The van der Waals surface area contributed by atoms with Crippen molar-refractivity contribution in [3.63, 3.8) is 0 Å². The monoisotopic (exact) mass is 239 g/mol. The van der Waals surface area contributed by atoms with Crippen LogP contribution in [0.5, 0.6) is 0 Å². The Morgan fingerprint density at radius 3 is 2.81 bits per heavy atom. The van der Waals surface area contributed by atoms with Crippen molar-refractivity contribution in [3.05, 3.63) is 23.2 Å². The molecule has 0 bridgehead atoms. The number of nitrogens with one attached hydrogen (secondary N) is 1. The predicted molar refractivity (Wildman–Crippen MR) is 69.8 cm³/mol. The van der Waals surface area contributed by atoms with Crippen LogP contribution in [0.25, 0.3) is 0 Å².